The molecule has 2 atom stereocenters. The molecule has 0 saturated heterocycles. The molecule has 1 aliphatic rings. The number of nitrogens with one attached hydrogen (secondary N) is 1. The van der Waals surface area contributed by atoms with Crippen LogP contribution in [0.3, 0.4) is 0 Å². The van der Waals surface area contributed by atoms with Crippen LogP contribution >= 0.6 is 23.2 Å². The van der Waals surface area contributed by atoms with Crippen LogP contribution < -0.4 is 5.32 Å². The summed E-state index contributed by atoms with van der Waals surface area (Å²) in [6.45, 7) is 4.61. The van der Waals surface area contributed by atoms with E-state index in [1.54, 1.807) is 0 Å². The summed E-state index contributed by atoms with van der Waals surface area (Å²) in [5, 5.41) is 5.02. The highest BCUT2D eigenvalue weighted by atomic mass is 35.5. The molecule has 1 N–H and O–H groups in total. The van der Waals surface area contributed by atoms with Crippen LogP contribution in [-0.4, -0.2) is 6.04 Å². The molecule has 1 aromatic carbocycles. The number of hydrogen-bond donors (Lipinski definition) is 1. The Morgan fingerprint density at radius 2 is 1.72 bits per heavy atom. The molecular weight excluding hydrogens is 265 g/mol. The first kappa shape index (κ1) is 14.0. The Bertz CT molecular complexity index is 383. The monoisotopic (exact) mass is 285 g/mol. The van der Waals surface area contributed by atoms with E-state index in [0.717, 1.165) is 15.7 Å². The van der Waals surface area contributed by atoms with E-state index >= 15 is 0 Å². The quantitative estimate of drug-likeness (QED) is 0.760. The summed E-state index contributed by atoms with van der Waals surface area (Å²) in [5.74, 6) is 1.41. The maximum absolute atomic E-state index is 6.23. The van der Waals surface area contributed by atoms with Crippen LogP contribution in [0.25, 0.3) is 0 Å². The largest absolute Gasteiger partial charge is 0.380 e. The third-order valence-electron chi connectivity index (χ3n) is 3.97. The lowest BCUT2D eigenvalue weighted by Gasteiger charge is -2.36. The maximum Gasteiger partial charge on any atom is 0.0721 e. The second-order valence-corrected chi connectivity index (χ2v) is 6.35. The summed E-state index contributed by atoms with van der Waals surface area (Å²) < 4.78 is 0. The Hall–Kier alpha value is -0.400. The molecule has 1 aromatic rings. The van der Waals surface area contributed by atoms with Crippen LogP contribution in [0.5, 0.6) is 0 Å². The van der Waals surface area contributed by atoms with Crippen molar-refractivity contribution < 1.29 is 0 Å². The van der Waals surface area contributed by atoms with E-state index in [9.17, 15) is 0 Å². The Morgan fingerprint density at radius 3 is 2.33 bits per heavy atom. The predicted molar refractivity (Wildman–Crippen MR) is 80.7 cm³/mol. The summed E-state index contributed by atoms with van der Waals surface area (Å²) in [6.07, 6.45) is 5.15. The van der Waals surface area contributed by atoms with Crippen molar-refractivity contribution in [2.24, 2.45) is 11.8 Å². The summed E-state index contributed by atoms with van der Waals surface area (Å²) in [6, 6.07) is 6.17. The van der Waals surface area contributed by atoms with E-state index in [1.165, 1.54) is 25.7 Å². The fraction of sp³-hybridized carbons (Fsp3) is 0.600. The molecule has 2 unspecified atom stereocenters. The first-order valence-corrected chi connectivity index (χ1v) is 7.55. The third-order valence-corrected chi connectivity index (χ3v) is 4.60. The van der Waals surface area contributed by atoms with E-state index in [4.69, 9.17) is 23.2 Å². The Kier molecular flexibility index (Phi) is 4.80. The average Bonchev–Trinajstić information content (AvgIpc) is 2.34. The molecule has 0 aromatic heterocycles. The van der Waals surface area contributed by atoms with Gasteiger partial charge in [0, 0.05) is 6.04 Å². The molecule has 1 saturated carbocycles. The van der Waals surface area contributed by atoms with Gasteiger partial charge in [-0.15, -0.1) is 0 Å². The van der Waals surface area contributed by atoms with Gasteiger partial charge in [0.2, 0.25) is 0 Å². The second kappa shape index (κ2) is 6.16. The number of halogens is 2. The zero-order valence-corrected chi connectivity index (χ0v) is 12.6. The van der Waals surface area contributed by atoms with Gasteiger partial charge >= 0.3 is 0 Å². The molecular formula is C15H21Cl2N. The van der Waals surface area contributed by atoms with E-state index in [1.807, 2.05) is 18.2 Å². The molecule has 0 spiro atoms. The van der Waals surface area contributed by atoms with Gasteiger partial charge < -0.3 is 5.32 Å². The van der Waals surface area contributed by atoms with Gasteiger partial charge in [0.25, 0.3) is 0 Å². The minimum atomic E-state index is 0.496. The second-order valence-electron chi connectivity index (χ2n) is 5.54. The van der Waals surface area contributed by atoms with Gasteiger partial charge in [-0.05, 0) is 36.8 Å². The SMILES string of the molecule is CC(C)C1CCCCC1Nc1c(Cl)cccc1Cl. The Balaban J connectivity index is 2.16. The molecule has 0 amide bonds. The average molecular weight is 286 g/mol. The van der Waals surface area contributed by atoms with Crippen molar-refractivity contribution >= 4 is 28.9 Å². The number of hydrogen-bond acceptors (Lipinski definition) is 1. The van der Waals surface area contributed by atoms with Gasteiger partial charge in [0.05, 0.1) is 15.7 Å². The van der Waals surface area contributed by atoms with Crippen molar-refractivity contribution in [2.45, 2.75) is 45.6 Å². The fourth-order valence-corrected chi connectivity index (χ4v) is 3.46. The van der Waals surface area contributed by atoms with Gasteiger partial charge in [0.1, 0.15) is 0 Å². The molecule has 18 heavy (non-hydrogen) atoms. The number of anilines is 1. The summed E-state index contributed by atoms with van der Waals surface area (Å²) in [4.78, 5) is 0. The normalized spacial score (nSPS) is 24.3. The van der Waals surface area contributed by atoms with Crippen LogP contribution in [0.1, 0.15) is 39.5 Å². The topological polar surface area (TPSA) is 12.0 Å². The van der Waals surface area contributed by atoms with E-state index in [2.05, 4.69) is 19.2 Å². The summed E-state index contributed by atoms with van der Waals surface area (Å²) in [5.41, 5.74) is 0.901. The van der Waals surface area contributed by atoms with Gasteiger partial charge in [-0.25, -0.2) is 0 Å². The summed E-state index contributed by atoms with van der Waals surface area (Å²) >= 11 is 12.5. The van der Waals surface area contributed by atoms with Crippen LogP contribution in [0.4, 0.5) is 5.69 Å². The minimum absolute atomic E-state index is 0.496. The van der Waals surface area contributed by atoms with Crippen molar-refractivity contribution in [3.05, 3.63) is 28.2 Å². The zero-order valence-electron chi connectivity index (χ0n) is 11.0. The lowest BCUT2D eigenvalue weighted by Crippen LogP contribution is -2.35. The number of rotatable bonds is 3. The van der Waals surface area contributed by atoms with Crippen molar-refractivity contribution in [1.82, 2.24) is 0 Å². The molecule has 0 bridgehead atoms. The van der Waals surface area contributed by atoms with Crippen LogP contribution in [0, 0.1) is 11.8 Å². The van der Waals surface area contributed by atoms with Gasteiger partial charge in [-0.3, -0.25) is 0 Å². The smallest absolute Gasteiger partial charge is 0.0721 e. The standard InChI is InChI=1S/C15H21Cl2N/c1-10(2)11-6-3-4-9-14(11)18-15-12(16)7-5-8-13(15)17/h5,7-8,10-11,14,18H,3-4,6,9H2,1-2H3. The number of benzene rings is 1. The van der Waals surface area contributed by atoms with E-state index in [-0.39, 0.29) is 0 Å². The highest BCUT2D eigenvalue weighted by Gasteiger charge is 2.28. The van der Waals surface area contributed by atoms with Crippen molar-refractivity contribution in [2.75, 3.05) is 5.32 Å². The lowest BCUT2D eigenvalue weighted by atomic mass is 9.78. The van der Waals surface area contributed by atoms with Crippen molar-refractivity contribution in [1.29, 1.82) is 0 Å². The summed E-state index contributed by atoms with van der Waals surface area (Å²) in [7, 11) is 0. The molecule has 1 nitrogen and oxygen atoms in total. The third kappa shape index (κ3) is 3.13. The lowest BCUT2D eigenvalue weighted by molar-refractivity contribution is 0.254. The Labute approximate surface area is 120 Å². The maximum atomic E-state index is 6.23. The molecule has 0 heterocycles. The minimum Gasteiger partial charge on any atom is -0.380 e. The first-order valence-electron chi connectivity index (χ1n) is 6.80. The molecule has 3 heteroatoms. The van der Waals surface area contributed by atoms with E-state index in [0.29, 0.717) is 17.9 Å². The highest BCUT2D eigenvalue weighted by molar-refractivity contribution is 6.39. The highest BCUT2D eigenvalue weighted by Crippen LogP contribution is 2.36. The zero-order chi connectivity index (χ0) is 13.1. The fourth-order valence-electron chi connectivity index (χ4n) is 2.96. The molecule has 1 aliphatic carbocycles. The Morgan fingerprint density at radius 1 is 1.11 bits per heavy atom. The molecule has 0 radical (unpaired) electrons. The van der Waals surface area contributed by atoms with Gasteiger partial charge in [0.15, 0.2) is 0 Å². The van der Waals surface area contributed by atoms with Gasteiger partial charge in [-0.1, -0.05) is 56.0 Å². The molecule has 1 fully saturated rings. The first-order chi connectivity index (χ1) is 8.59. The molecule has 100 valence electrons. The predicted octanol–water partition coefficient (Wildman–Crippen LogP) is 5.62. The van der Waals surface area contributed by atoms with Gasteiger partial charge in [-0.2, -0.15) is 0 Å². The molecule has 0 aliphatic heterocycles. The van der Waals surface area contributed by atoms with E-state index < -0.39 is 0 Å². The van der Waals surface area contributed by atoms with Crippen LogP contribution in [0.2, 0.25) is 10.0 Å². The molecule has 2 rings (SSSR count). The van der Waals surface area contributed by atoms with Crippen molar-refractivity contribution in [3.8, 4) is 0 Å². The van der Waals surface area contributed by atoms with Crippen molar-refractivity contribution in [3.63, 3.8) is 0 Å². The van der Waals surface area contributed by atoms with Crippen LogP contribution in [0.15, 0.2) is 18.2 Å². The number of para-hydroxylation sites is 1. The van der Waals surface area contributed by atoms with Crippen LogP contribution in [-0.2, 0) is 0 Å².